The van der Waals surface area contributed by atoms with Gasteiger partial charge >= 0.3 is 5.97 Å². The smallest absolute Gasteiger partial charge is 0.303 e. The monoisotopic (exact) mass is 568 g/mol. The number of aliphatic hydroxyl groups excluding tert-OH is 2. The summed E-state index contributed by atoms with van der Waals surface area (Å²) >= 11 is 0. The minimum atomic E-state index is -0.854. The summed E-state index contributed by atoms with van der Waals surface area (Å²) in [5.41, 5.74) is 13.8. The van der Waals surface area contributed by atoms with Crippen LogP contribution in [0.15, 0.2) is 24.3 Å². The van der Waals surface area contributed by atoms with Crippen LogP contribution < -0.4 is 0 Å². The van der Waals surface area contributed by atoms with Crippen molar-refractivity contribution in [1.29, 1.82) is 0 Å². The van der Waals surface area contributed by atoms with Gasteiger partial charge in [-0.1, -0.05) is 13.3 Å². The van der Waals surface area contributed by atoms with Crippen LogP contribution in [0.25, 0.3) is 44.4 Å². The maximum atomic E-state index is 11.5. The lowest BCUT2D eigenvalue weighted by molar-refractivity contribution is -0.136. The van der Waals surface area contributed by atoms with Crippen molar-refractivity contribution < 1.29 is 20.1 Å². The number of hydrogen-bond acceptors (Lipinski definition) is 5. The van der Waals surface area contributed by atoms with Crippen molar-refractivity contribution in [3.8, 4) is 0 Å². The van der Waals surface area contributed by atoms with Crippen LogP contribution in [-0.2, 0) is 4.79 Å². The number of fused-ring (bicyclic) bond motifs is 8. The van der Waals surface area contributed by atoms with Crippen molar-refractivity contribution in [2.45, 2.75) is 86.4 Å². The molecule has 3 aromatic rings. The normalized spacial score (nSPS) is 15.0. The molecule has 5 N–H and O–H groups in total. The fraction of sp³-hybridized carbons (Fsp3) is 0.382. The van der Waals surface area contributed by atoms with Gasteiger partial charge < -0.3 is 25.3 Å². The predicted molar refractivity (Wildman–Crippen MR) is 168 cm³/mol. The highest BCUT2D eigenvalue weighted by Gasteiger charge is 2.23. The third-order valence-corrected chi connectivity index (χ3v) is 8.56. The van der Waals surface area contributed by atoms with Gasteiger partial charge in [0.2, 0.25) is 0 Å². The highest BCUT2D eigenvalue weighted by atomic mass is 16.4. The minimum Gasteiger partial charge on any atom is -0.481 e. The van der Waals surface area contributed by atoms with Gasteiger partial charge in [-0.2, -0.15) is 0 Å². The number of nitrogens with zero attached hydrogens (tertiary/aromatic N) is 2. The van der Waals surface area contributed by atoms with Gasteiger partial charge in [-0.3, -0.25) is 4.79 Å². The number of aryl methyl sites for hydroxylation is 2. The van der Waals surface area contributed by atoms with Gasteiger partial charge in [0, 0.05) is 39.6 Å². The average molecular weight is 569 g/mol. The molecule has 0 aromatic carbocycles. The molecule has 3 aromatic heterocycles. The van der Waals surface area contributed by atoms with E-state index in [4.69, 9.17) is 9.97 Å². The molecule has 0 aliphatic carbocycles. The Labute approximate surface area is 245 Å². The largest absolute Gasteiger partial charge is 0.481 e. The zero-order valence-corrected chi connectivity index (χ0v) is 25.4. The summed E-state index contributed by atoms with van der Waals surface area (Å²) in [5.74, 6) is -0.854. The van der Waals surface area contributed by atoms with Crippen molar-refractivity contribution >= 4 is 50.3 Å². The molecule has 8 heteroatoms. The lowest BCUT2D eigenvalue weighted by atomic mass is 9.98. The molecule has 220 valence electrons. The fourth-order valence-electron chi connectivity index (χ4n) is 6.34. The number of allylic oxidation sites excluding steroid dienone is 4. The first kappa shape index (κ1) is 29.5. The number of carboxylic acids is 1. The number of aliphatic hydroxyl groups is 2. The van der Waals surface area contributed by atoms with Gasteiger partial charge in [-0.15, -0.1) is 0 Å². The molecule has 0 spiro atoms. The Morgan fingerprint density at radius 2 is 1.17 bits per heavy atom. The van der Waals surface area contributed by atoms with Crippen LogP contribution in [0.1, 0.15) is 118 Å². The predicted octanol–water partition coefficient (Wildman–Crippen LogP) is 7.56. The quantitative estimate of drug-likeness (QED) is 0.200. The zero-order chi connectivity index (χ0) is 30.5. The van der Waals surface area contributed by atoms with Crippen LogP contribution in [0, 0.1) is 13.8 Å². The standard InChI is InChI=1S/C34H40N4O4/c1-8-9-22-16(2)25-13-30-34(21(7)40)19(5)27(38-30)14-31-33(20(6)39)18(4)26(37-31)12-24-17(3)23(10-11-32(41)42)29(35-24)15-28(22)36-25/h12-15,20-21,37-40H,8-11H2,1-7H3,(H,41,42). The van der Waals surface area contributed by atoms with E-state index in [1.807, 2.05) is 45.0 Å². The maximum absolute atomic E-state index is 11.5. The molecule has 2 aliphatic rings. The van der Waals surface area contributed by atoms with E-state index in [1.165, 1.54) is 0 Å². The summed E-state index contributed by atoms with van der Waals surface area (Å²) in [6.07, 6.45) is 0.739. The van der Waals surface area contributed by atoms with Crippen molar-refractivity contribution in [3.63, 3.8) is 0 Å². The van der Waals surface area contributed by atoms with Gasteiger partial charge in [0.25, 0.3) is 0 Å². The van der Waals surface area contributed by atoms with E-state index >= 15 is 0 Å². The molecule has 2 unspecified atom stereocenters. The second kappa shape index (κ2) is 11.3. The van der Waals surface area contributed by atoms with Crippen molar-refractivity contribution in [3.05, 3.63) is 69.3 Å². The van der Waals surface area contributed by atoms with E-state index in [-0.39, 0.29) is 6.42 Å². The van der Waals surface area contributed by atoms with Gasteiger partial charge in [0.15, 0.2) is 0 Å². The third-order valence-electron chi connectivity index (χ3n) is 8.56. The SMILES string of the molecule is CCCC1=C(C)c2cc3[nH]c(cc4[nH]c(cc5nc(cc1n2)C(CCC(=O)O)=C5C)c(C)c4C(C)O)c(C)c3C(C)O. The Morgan fingerprint density at radius 1 is 0.714 bits per heavy atom. The highest BCUT2D eigenvalue weighted by molar-refractivity contribution is 5.96. The first-order valence-corrected chi connectivity index (χ1v) is 14.6. The Balaban J connectivity index is 1.97. The fourth-order valence-corrected chi connectivity index (χ4v) is 6.34. The minimum absolute atomic E-state index is 0.00431. The number of aromatic nitrogens is 4. The van der Waals surface area contributed by atoms with Gasteiger partial charge in [-0.25, -0.2) is 9.97 Å². The van der Waals surface area contributed by atoms with E-state index in [9.17, 15) is 20.1 Å². The zero-order valence-electron chi connectivity index (χ0n) is 25.4. The van der Waals surface area contributed by atoms with Crippen LogP contribution in [0.2, 0.25) is 0 Å². The van der Waals surface area contributed by atoms with Gasteiger partial charge in [0.1, 0.15) is 0 Å². The second-order valence-electron chi connectivity index (χ2n) is 11.5. The summed E-state index contributed by atoms with van der Waals surface area (Å²) in [7, 11) is 0. The summed E-state index contributed by atoms with van der Waals surface area (Å²) in [6.45, 7) is 13.7. The summed E-state index contributed by atoms with van der Waals surface area (Å²) < 4.78 is 0. The van der Waals surface area contributed by atoms with Crippen molar-refractivity contribution in [2.75, 3.05) is 0 Å². The second-order valence-corrected chi connectivity index (χ2v) is 11.5. The van der Waals surface area contributed by atoms with E-state index in [1.54, 1.807) is 13.8 Å². The molecule has 8 bridgehead atoms. The van der Waals surface area contributed by atoms with Crippen LogP contribution in [0.3, 0.4) is 0 Å². The molecule has 5 rings (SSSR count). The molecule has 2 atom stereocenters. The first-order chi connectivity index (χ1) is 19.9. The van der Waals surface area contributed by atoms with Gasteiger partial charge in [0.05, 0.1) is 35.0 Å². The molecular weight excluding hydrogens is 528 g/mol. The lowest BCUT2D eigenvalue weighted by Crippen LogP contribution is -1.95. The average Bonchev–Trinajstić information content (AvgIpc) is 3.57. The molecule has 0 fully saturated rings. The maximum Gasteiger partial charge on any atom is 0.303 e. The van der Waals surface area contributed by atoms with Crippen molar-refractivity contribution in [1.82, 2.24) is 19.9 Å². The number of carbonyl (C=O) groups is 1. The Morgan fingerprint density at radius 3 is 1.64 bits per heavy atom. The van der Waals surface area contributed by atoms with Crippen LogP contribution in [0.5, 0.6) is 0 Å². The lowest BCUT2D eigenvalue weighted by Gasteiger charge is -2.05. The number of nitrogens with one attached hydrogen (secondary N) is 2. The molecule has 0 saturated heterocycles. The number of hydrogen-bond donors (Lipinski definition) is 5. The number of carboxylic acid groups (broad SMARTS) is 1. The molecule has 2 aliphatic heterocycles. The first-order valence-electron chi connectivity index (χ1n) is 14.6. The van der Waals surface area contributed by atoms with Crippen LogP contribution in [0.4, 0.5) is 0 Å². The highest BCUT2D eigenvalue weighted by Crippen LogP contribution is 2.38. The molecule has 5 heterocycles. The van der Waals surface area contributed by atoms with Crippen LogP contribution >= 0.6 is 0 Å². The summed E-state index contributed by atoms with van der Waals surface area (Å²) in [6, 6.07) is 7.95. The number of H-pyrrole nitrogens is 2. The Bertz CT molecular complexity index is 1820. The number of aliphatic carboxylic acids is 1. The van der Waals surface area contributed by atoms with E-state index in [0.29, 0.717) is 6.42 Å². The van der Waals surface area contributed by atoms with Crippen molar-refractivity contribution in [2.24, 2.45) is 0 Å². The number of aromatic amines is 2. The third kappa shape index (κ3) is 5.21. The Kier molecular flexibility index (Phi) is 7.96. The van der Waals surface area contributed by atoms with Crippen LogP contribution in [-0.4, -0.2) is 41.2 Å². The topological polar surface area (TPSA) is 135 Å². The Hall–Kier alpha value is -4.01. The number of rotatable bonds is 7. The summed E-state index contributed by atoms with van der Waals surface area (Å²) in [4.78, 5) is 28.6. The molecule has 8 nitrogen and oxygen atoms in total. The van der Waals surface area contributed by atoms with E-state index in [2.05, 4.69) is 23.8 Å². The summed E-state index contributed by atoms with van der Waals surface area (Å²) in [5, 5.41) is 31.0. The molecule has 0 radical (unpaired) electrons. The molecule has 0 amide bonds. The van der Waals surface area contributed by atoms with E-state index in [0.717, 1.165) is 102 Å². The van der Waals surface area contributed by atoms with E-state index < -0.39 is 18.2 Å². The molecule has 0 saturated carbocycles. The molecule has 42 heavy (non-hydrogen) atoms. The van der Waals surface area contributed by atoms with Gasteiger partial charge in [-0.05, 0) is 112 Å². The molecular formula is C34H40N4O4.